The number of aliphatic hydroxyl groups excluding tert-OH is 1. The average Bonchev–Trinajstić information content (AvgIpc) is 3.06. The van der Waals surface area contributed by atoms with Crippen LogP contribution >= 0.6 is 11.3 Å². The summed E-state index contributed by atoms with van der Waals surface area (Å²) < 4.78 is 2.00. The Bertz CT molecular complexity index is 571. The Morgan fingerprint density at radius 3 is 2.85 bits per heavy atom. The number of nitrogens with zero attached hydrogens (tertiary/aromatic N) is 4. The fraction of sp³-hybridized carbons (Fsp3) is 0.643. The third-order valence-corrected chi connectivity index (χ3v) is 5.13. The molecule has 0 aliphatic carbocycles. The summed E-state index contributed by atoms with van der Waals surface area (Å²) in [6, 6.07) is 0.521. The molecule has 110 valence electrons. The number of likely N-dealkylation sites (tertiary alicyclic amines) is 1. The molecule has 1 saturated heterocycles. The molecule has 0 spiro atoms. The number of rotatable bonds is 4. The summed E-state index contributed by atoms with van der Waals surface area (Å²) in [5.41, 5.74) is 0.904. The van der Waals surface area contributed by atoms with Crippen LogP contribution in [0.15, 0.2) is 11.6 Å². The van der Waals surface area contributed by atoms with E-state index in [1.54, 1.807) is 11.3 Å². The van der Waals surface area contributed by atoms with Crippen LogP contribution in [-0.2, 0) is 6.61 Å². The Kier molecular flexibility index (Phi) is 3.96. The van der Waals surface area contributed by atoms with Crippen LogP contribution < -0.4 is 4.90 Å². The van der Waals surface area contributed by atoms with Crippen molar-refractivity contribution in [2.75, 3.05) is 31.6 Å². The van der Waals surface area contributed by atoms with Crippen molar-refractivity contribution < 1.29 is 5.11 Å². The van der Waals surface area contributed by atoms with E-state index in [9.17, 15) is 5.11 Å². The zero-order valence-electron chi connectivity index (χ0n) is 12.1. The summed E-state index contributed by atoms with van der Waals surface area (Å²) >= 11 is 1.61. The minimum absolute atomic E-state index is 0.0331. The van der Waals surface area contributed by atoms with E-state index >= 15 is 0 Å². The van der Waals surface area contributed by atoms with Crippen LogP contribution in [0.5, 0.6) is 0 Å². The Morgan fingerprint density at radius 1 is 1.45 bits per heavy atom. The first-order chi connectivity index (χ1) is 9.74. The summed E-state index contributed by atoms with van der Waals surface area (Å²) in [5.74, 6) is 0.939. The number of aromatic nitrogens is 2. The van der Waals surface area contributed by atoms with E-state index in [1.807, 2.05) is 16.0 Å². The maximum absolute atomic E-state index is 9.66. The van der Waals surface area contributed by atoms with Crippen LogP contribution in [0.2, 0.25) is 0 Å². The maximum atomic E-state index is 9.66. The molecule has 2 aromatic rings. The van der Waals surface area contributed by atoms with Crippen molar-refractivity contribution in [3.8, 4) is 0 Å². The van der Waals surface area contributed by atoms with Crippen molar-refractivity contribution >= 4 is 22.1 Å². The standard InChI is InChI=1S/C14H22N4OS/c1-3-17-6-4-11(5-7-17)16(2)13-12(10-19)18-8-9-20-14(18)15-13/h8-9,11,19H,3-7,10H2,1-2H3. The second kappa shape index (κ2) is 5.71. The first-order valence-electron chi connectivity index (χ1n) is 7.25. The summed E-state index contributed by atoms with van der Waals surface area (Å²) in [4.78, 5) is 10.4. The minimum atomic E-state index is 0.0331. The van der Waals surface area contributed by atoms with Crippen LogP contribution in [-0.4, -0.2) is 52.1 Å². The van der Waals surface area contributed by atoms with Gasteiger partial charge in [0.15, 0.2) is 10.8 Å². The molecule has 1 aliphatic heterocycles. The van der Waals surface area contributed by atoms with Gasteiger partial charge in [-0.25, -0.2) is 4.98 Å². The largest absolute Gasteiger partial charge is 0.390 e. The van der Waals surface area contributed by atoms with Crippen molar-refractivity contribution in [2.45, 2.75) is 32.4 Å². The lowest BCUT2D eigenvalue weighted by Crippen LogP contribution is -2.43. The second-order valence-electron chi connectivity index (χ2n) is 5.37. The zero-order chi connectivity index (χ0) is 14.1. The van der Waals surface area contributed by atoms with Crippen LogP contribution in [0.25, 0.3) is 4.96 Å². The quantitative estimate of drug-likeness (QED) is 0.934. The van der Waals surface area contributed by atoms with Gasteiger partial charge < -0.3 is 14.9 Å². The van der Waals surface area contributed by atoms with Crippen molar-refractivity contribution in [1.82, 2.24) is 14.3 Å². The third-order valence-electron chi connectivity index (χ3n) is 4.38. The molecule has 6 heteroatoms. The van der Waals surface area contributed by atoms with E-state index in [0.29, 0.717) is 6.04 Å². The highest BCUT2D eigenvalue weighted by Gasteiger charge is 2.25. The number of fused-ring (bicyclic) bond motifs is 1. The molecule has 3 rings (SSSR count). The van der Waals surface area contributed by atoms with Gasteiger partial charge in [0.1, 0.15) is 0 Å². The van der Waals surface area contributed by atoms with Gasteiger partial charge in [-0.3, -0.25) is 4.40 Å². The molecule has 0 atom stereocenters. The molecule has 0 radical (unpaired) electrons. The Morgan fingerprint density at radius 2 is 2.20 bits per heavy atom. The molecule has 0 unspecified atom stereocenters. The second-order valence-corrected chi connectivity index (χ2v) is 6.25. The van der Waals surface area contributed by atoms with Crippen molar-refractivity contribution in [3.63, 3.8) is 0 Å². The molecule has 0 amide bonds. The highest BCUT2D eigenvalue weighted by molar-refractivity contribution is 7.15. The minimum Gasteiger partial charge on any atom is -0.390 e. The van der Waals surface area contributed by atoms with Crippen LogP contribution in [0.3, 0.4) is 0 Å². The van der Waals surface area contributed by atoms with Gasteiger partial charge in [0.2, 0.25) is 0 Å². The molecule has 1 aliphatic rings. The number of thiazole rings is 1. The van der Waals surface area contributed by atoms with Gasteiger partial charge in [-0.05, 0) is 19.4 Å². The highest BCUT2D eigenvalue weighted by Crippen LogP contribution is 2.27. The number of hydrogen-bond donors (Lipinski definition) is 1. The fourth-order valence-electron chi connectivity index (χ4n) is 3.05. The number of hydrogen-bond acceptors (Lipinski definition) is 5. The molecule has 0 aromatic carbocycles. The Labute approximate surface area is 123 Å². The summed E-state index contributed by atoms with van der Waals surface area (Å²) in [6.45, 7) is 5.70. The van der Waals surface area contributed by atoms with Gasteiger partial charge >= 0.3 is 0 Å². The zero-order valence-corrected chi connectivity index (χ0v) is 12.9. The lowest BCUT2D eigenvalue weighted by molar-refractivity contribution is 0.220. The SMILES string of the molecule is CCN1CCC(N(C)c2nc3sccn3c2CO)CC1. The van der Waals surface area contributed by atoms with E-state index in [4.69, 9.17) is 4.98 Å². The first-order valence-corrected chi connectivity index (χ1v) is 8.13. The van der Waals surface area contributed by atoms with E-state index in [1.165, 1.54) is 12.8 Å². The molecule has 2 aromatic heterocycles. The maximum Gasteiger partial charge on any atom is 0.195 e. The number of imidazole rings is 1. The van der Waals surface area contributed by atoms with Crippen LogP contribution in [0.4, 0.5) is 5.82 Å². The first kappa shape index (κ1) is 13.9. The molecule has 5 nitrogen and oxygen atoms in total. The van der Waals surface area contributed by atoms with Crippen molar-refractivity contribution in [2.24, 2.45) is 0 Å². The molecule has 1 fully saturated rings. The van der Waals surface area contributed by atoms with E-state index in [2.05, 4.69) is 23.8 Å². The third kappa shape index (κ3) is 2.32. The number of aliphatic hydroxyl groups is 1. The summed E-state index contributed by atoms with van der Waals surface area (Å²) in [5, 5.41) is 11.7. The highest BCUT2D eigenvalue weighted by atomic mass is 32.1. The number of anilines is 1. The lowest BCUT2D eigenvalue weighted by atomic mass is 10.0. The normalized spacial score (nSPS) is 17.9. The van der Waals surface area contributed by atoms with Crippen molar-refractivity contribution in [3.05, 3.63) is 17.3 Å². The predicted octanol–water partition coefficient (Wildman–Crippen LogP) is 1.81. The summed E-state index contributed by atoms with van der Waals surface area (Å²) in [6.07, 6.45) is 4.32. The van der Waals surface area contributed by atoms with Gasteiger partial charge in [0.25, 0.3) is 0 Å². The van der Waals surface area contributed by atoms with Gasteiger partial charge in [-0.1, -0.05) is 6.92 Å². The van der Waals surface area contributed by atoms with Gasteiger partial charge in [0, 0.05) is 37.8 Å². The predicted molar refractivity (Wildman–Crippen MR) is 82.5 cm³/mol. The summed E-state index contributed by atoms with van der Waals surface area (Å²) in [7, 11) is 2.11. The molecule has 0 saturated carbocycles. The van der Waals surface area contributed by atoms with Gasteiger partial charge in [0.05, 0.1) is 12.3 Å². The molecular formula is C14H22N4OS. The topological polar surface area (TPSA) is 44.0 Å². The monoisotopic (exact) mass is 294 g/mol. The van der Waals surface area contributed by atoms with Crippen LogP contribution in [0.1, 0.15) is 25.5 Å². The molecular weight excluding hydrogens is 272 g/mol. The fourth-order valence-corrected chi connectivity index (χ4v) is 3.77. The van der Waals surface area contributed by atoms with E-state index < -0.39 is 0 Å². The van der Waals surface area contributed by atoms with Gasteiger partial charge in [-0.15, -0.1) is 11.3 Å². The molecule has 1 N–H and O–H groups in total. The lowest BCUT2D eigenvalue weighted by Gasteiger charge is -2.36. The van der Waals surface area contributed by atoms with Crippen molar-refractivity contribution in [1.29, 1.82) is 0 Å². The van der Waals surface area contributed by atoms with Crippen LogP contribution in [0, 0.1) is 0 Å². The molecule has 0 bridgehead atoms. The van der Waals surface area contributed by atoms with E-state index in [0.717, 1.165) is 36.1 Å². The Balaban J connectivity index is 1.81. The smallest absolute Gasteiger partial charge is 0.195 e. The number of piperidine rings is 1. The van der Waals surface area contributed by atoms with Gasteiger partial charge in [-0.2, -0.15) is 0 Å². The Hall–Kier alpha value is -1.11. The van der Waals surface area contributed by atoms with E-state index in [-0.39, 0.29) is 6.61 Å². The molecule has 20 heavy (non-hydrogen) atoms. The average molecular weight is 294 g/mol. The molecule has 3 heterocycles.